The van der Waals surface area contributed by atoms with E-state index < -0.39 is 10.0 Å². The van der Waals surface area contributed by atoms with Crippen LogP contribution in [-0.4, -0.2) is 50.1 Å². The summed E-state index contributed by atoms with van der Waals surface area (Å²) in [6, 6.07) is 0.226. The maximum atomic E-state index is 11.9. The van der Waals surface area contributed by atoms with Crippen LogP contribution in [0.1, 0.15) is 19.3 Å². The summed E-state index contributed by atoms with van der Waals surface area (Å²) in [4.78, 5) is 0. The minimum absolute atomic E-state index is 0.0903. The summed E-state index contributed by atoms with van der Waals surface area (Å²) >= 11 is 3.29. The third-order valence-corrected chi connectivity index (χ3v) is 4.92. The number of halogens is 1. The van der Waals surface area contributed by atoms with Gasteiger partial charge in [0.05, 0.1) is 12.4 Å². The van der Waals surface area contributed by atoms with Gasteiger partial charge in [0.2, 0.25) is 10.0 Å². The van der Waals surface area contributed by atoms with Crippen molar-refractivity contribution < 1.29 is 13.2 Å². The standard InChI is InChI=1S/C9H18BrNO3S/c1-14-7-8-15(12,13)11(6-5-10)9-3-2-4-9/h9H,2-8H2,1H3. The van der Waals surface area contributed by atoms with Gasteiger partial charge in [0.1, 0.15) is 0 Å². The van der Waals surface area contributed by atoms with Gasteiger partial charge in [-0.05, 0) is 12.8 Å². The molecule has 0 aromatic carbocycles. The van der Waals surface area contributed by atoms with E-state index in [0.29, 0.717) is 11.9 Å². The quantitative estimate of drug-likeness (QED) is 0.664. The molecule has 0 heterocycles. The van der Waals surface area contributed by atoms with Crippen molar-refractivity contribution in [3.8, 4) is 0 Å². The zero-order chi connectivity index (χ0) is 11.3. The predicted octanol–water partition coefficient (Wildman–Crippen LogP) is 1.21. The van der Waals surface area contributed by atoms with Crippen LogP contribution in [0.3, 0.4) is 0 Å². The molecule has 0 saturated heterocycles. The number of alkyl halides is 1. The molecule has 1 rings (SSSR count). The van der Waals surface area contributed by atoms with E-state index in [-0.39, 0.29) is 18.4 Å². The van der Waals surface area contributed by atoms with Crippen LogP contribution in [0.15, 0.2) is 0 Å². The van der Waals surface area contributed by atoms with Crippen molar-refractivity contribution in [1.29, 1.82) is 0 Å². The average Bonchev–Trinajstić information content (AvgIpc) is 2.11. The minimum Gasteiger partial charge on any atom is -0.384 e. The zero-order valence-corrected chi connectivity index (χ0v) is 11.4. The van der Waals surface area contributed by atoms with Crippen molar-refractivity contribution >= 4 is 26.0 Å². The number of sulfonamides is 1. The van der Waals surface area contributed by atoms with E-state index in [2.05, 4.69) is 15.9 Å². The van der Waals surface area contributed by atoms with E-state index in [1.54, 1.807) is 4.31 Å². The Morgan fingerprint density at radius 1 is 1.47 bits per heavy atom. The first-order valence-electron chi connectivity index (χ1n) is 5.16. The number of ether oxygens (including phenoxy) is 1. The molecule has 1 aliphatic carbocycles. The van der Waals surface area contributed by atoms with E-state index in [1.165, 1.54) is 7.11 Å². The summed E-state index contributed by atoms with van der Waals surface area (Å²) in [7, 11) is -1.61. The summed E-state index contributed by atoms with van der Waals surface area (Å²) in [5.74, 6) is 0.0903. The van der Waals surface area contributed by atoms with E-state index in [0.717, 1.165) is 19.3 Å². The average molecular weight is 300 g/mol. The fraction of sp³-hybridized carbons (Fsp3) is 1.00. The van der Waals surface area contributed by atoms with Gasteiger partial charge in [-0.15, -0.1) is 0 Å². The lowest BCUT2D eigenvalue weighted by molar-refractivity contribution is 0.205. The first-order chi connectivity index (χ1) is 7.11. The molecule has 0 atom stereocenters. The predicted molar refractivity (Wildman–Crippen MR) is 63.8 cm³/mol. The number of hydrogen-bond donors (Lipinski definition) is 0. The second kappa shape index (κ2) is 6.18. The molecule has 0 bridgehead atoms. The number of rotatable bonds is 7. The Morgan fingerprint density at radius 2 is 2.13 bits per heavy atom. The fourth-order valence-electron chi connectivity index (χ4n) is 1.61. The summed E-state index contributed by atoms with van der Waals surface area (Å²) in [5.41, 5.74) is 0. The van der Waals surface area contributed by atoms with Gasteiger partial charge in [-0.3, -0.25) is 0 Å². The topological polar surface area (TPSA) is 46.6 Å². The summed E-state index contributed by atoms with van der Waals surface area (Å²) < 4.78 is 30.3. The Kier molecular flexibility index (Phi) is 5.52. The number of hydrogen-bond acceptors (Lipinski definition) is 3. The van der Waals surface area contributed by atoms with E-state index >= 15 is 0 Å². The molecule has 1 fully saturated rings. The lowest BCUT2D eigenvalue weighted by atomic mass is 9.93. The van der Waals surface area contributed by atoms with Gasteiger partial charge in [0, 0.05) is 25.0 Å². The molecule has 0 spiro atoms. The number of methoxy groups -OCH3 is 1. The van der Waals surface area contributed by atoms with Crippen LogP contribution in [-0.2, 0) is 14.8 Å². The van der Waals surface area contributed by atoms with E-state index in [1.807, 2.05) is 0 Å². The number of nitrogens with zero attached hydrogens (tertiary/aromatic N) is 1. The summed E-state index contributed by atoms with van der Waals surface area (Å²) in [6.45, 7) is 0.838. The van der Waals surface area contributed by atoms with Gasteiger partial charge >= 0.3 is 0 Å². The highest BCUT2D eigenvalue weighted by Crippen LogP contribution is 2.27. The normalized spacial score (nSPS) is 18.1. The van der Waals surface area contributed by atoms with Crippen molar-refractivity contribution in [2.24, 2.45) is 0 Å². The molecule has 6 heteroatoms. The maximum absolute atomic E-state index is 11.9. The Labute approximate surface area is 100 Å². The summed E-state index contributed by atoms with van der Waals surface area (Å²) in [5, 5.41) is 0.690. The lowest BCUT2D eigenvalue weighted by Gasteiger charge is -2.36. The minimum atomic E-state index is -3.13. The molecule has 0 N–H and O–H groups in total. The Balaban J connectivity index is 2.60. The molecule has 90 valence electrons. The highest BCUT2D eigenvalue weighted by molar-refractivity contribution is 9.09. The highest BCUT2D eigenvalue weighted by atomic mass is 79.9. The molecule has 0 unspecified atom stereocenters. The van der Waals surface area contributed by atoms with Gasteiger partial charge < -0.3 is 4.74 Å². The van der Waals surface area contributed by atoms with Gasteiger partial charge in [-0.2, -0.15) is 4.31 Å². The van der Waals surface area contributed by atoms with Gasteiger partial charge in [0.15, 0.2) is 0 Å². The molecule has 0 aromatic heterocycles. The van der Waals surface area contributed by atoms with Crippen LogP contribution in [0.5, 0.6) is 0 Å². The molecular formula is C9H18BrNO3S. The highest BCUT2D eigenvalue weighted by Gasteiger charge is 2.32. The molecular weight excluding hydrogens is 282 g/mol. The van der Waals surface area contributed by atoms with Crippen LogP contribution >= 0.6 is 15.9 Å². The molecule has 4 nitrogen and oxygen atoms in total. The van der Waals surface area contributed by atoms with E-state index in [9.17, 15) is 8.42 Å². The third-order valence-electron chi connectivity index (χ3n) is 2.69. The van der Waals surface area contributed by atoms with Crippen molar-refractivity contribution in [2.45, 2.75) is 25.3 Å². The molecule has 1 aliphatic rings. The second-order valence-corrected chi connectivity index (χ2v) is 6.53. The maximum Gasteiger partial charge on any atom is 0.216 e. The van der Waals surface area contributed by atoms with Gasteiger partial charge in [0.25, 0.3) is 0 Å². The fourth-order valence-corrected chi connectivity index (χ4v) is 3.88. The molecule has 0 aliphatic heterocycles. The first kappa shape index (κ1) is 13.4. The lowest BCUT2D eigenvalue weighted by Crippen LogP contribution is -2.46. The molecule has 0 amide bonds. The summed E-state index contributed by atoms with van der Waals surface area (Å²) in [6.07, 6.45) is 3.14. The van der Waals surface area contributed by atoms with Crippen LogP contribution in [0.25, 0.3) is 0 Å². The SMILES string of the molecule is COCCS(=O)(=O)N(CCBr)C1CCC1. The van der Waals surface area contributed by atoms with Crippen molar-refractivity contribution in [1.82, 2.24) is 4.31 Å². The third kappa shape index (κ3) is 3.69. The molecule has 0 radical (unpaired) electrons. The first-order valence-corrected chi connectivity index (χ1v) is 7.89. The molecule has 15 heavy (non-hydrogen) atoms. The largest absolute Gasteiger partial charge is 0.384 e. The Morgan fingerprint density at radius 3 is 2.53 bits per heavy atom. The molecule has 1 saturated carbocycles. The van der Waals surface area contributed by atoms with Crippen molar-refractivity contribution in [3.05, 3.63) is 0 Å². The van der Waals surface area contributed by atoms with Crippen LogP contribution < -0.4 is 0 Å². The van der Waals surface area contributed by atoms with Crippen molar-refractivity contribution in [2.75, 3.05) is 31.3 Å². The van der Waals surface area contributed by atoms with Gasteiger partial charge in [-0.25, -0.2) is 8.42 Å². The monoisotopic (exact) mass is 299 g/mol. The van der Waals surface area contributed by atoms with E-state index in [4.69, 9.17) is 4.74 Å². The van der Waals surface area contributed by atoms with Crippen LogP contribution in [0.2, 0.25) is 0 Å². The van der Waals surface area contributed by atoms with Crippen LogP contribution in [0.4, 0.5) is 0 Å². The molecule has 0 aromatic rings. The Hall–Kier alpha value is 0.350. The van der Waals surface area contributed by atoms with Gasteiger partial charge in [-0.1, -0.05) is 22.4 Å². The Bertz CT molecular complexity index is 277. The second-order valence-electron chi connectivity index (χ2n) is 3.69. The van der Waals surface area contributed by atoms with Crippen molar-refractivity contribution in [3.63, 3.8) is 0 Å². The van der Waals surface area contributed by atoms with Crippen LogP contribution in [0, 0.1) is 0 Å². The zero-order valence-electron chi connectivity index (χ0n) is 8.99. The smallest absolute Gasteiger partial charge is 0.216 e.